The van der Waals surface area contributed by atoms with Crippen LogP contribution in [0.3, 0.4) is 0 Å². The molecule has 1 aromatic carbocycles. The number of carbonyl (C=O) groups excluding carboxylic acids is 1. The van der Waals surface area contributed by atoms with Gasteiger partial charge in [0.15, 0.2) is 5.69 Å². The molecule has 8 nitrogen and oxygen atoms in total. The van der Waals surface area contributed by atoms with Gasteiger partial charge >= 0.3 is 0 Å². The summed E-state index contributed by atoms with van der Waals surface area (Å²) in [4.78, 5) is 21.2. The predicted octanol–water partition coefficient (Wildman–Crippen LogP) is 2.15. The molecule has 33 heavy (non-hydrogen) atoms. The van der Waals surface area contributed by atoms with Crippen LogP contribution >= 0.6 is 0 Å². The minimum atomic E-state index is -0.805. The Hall–Kier alpha value is -3.47. The van der Waals surface area contributed by atoms with Crippen LogP contribution in [0.4, 0.5) is 20.2 Å². The highest BCUT2D eigenvalue weighted by molar-refractivity contribution is 6.06. The number of amides is 1. The number of nitrogens with two attached hydrogens (primary N) is 3. The number of anilines is 2. The van der Waals surface area contributed by atoms with Crippen molar-refractivity contribution in [2.75, 3.05) is 11.1 Å². The van der Waals surface area contributed by atoms with E-state index < -0.39 is 35.7 Å². The van der Waals surface area contributed by atoms with E-state index in [0.717, 1.165) is 17.7 Å². The van der Waals surface area contributed by atoms with Gasteiger partial charge in [0.1, 0.15) is 11.6 Å². The first kappa shape index (κ1) is 22.7. The summed E-state index contributed by atoms with van der Waals surface area (Å²) in [5.74, 6) is -2.38. The van der Waals surface area contributed by atoms with Gasteiger partial charge in [-0.25, -0.2) is 13.8 Å². The van der Waals surface area contributed by atoms with Crippen molar-refractivity contribution in [1.82, 2.24) is 9.97 Å². The van der Waals surface area contributed by atoms with Crippen LogP contribution in [-0.4, -0.2) is 39.2 Å². The second-order valence-corrected chi connectivity index (χ2v) is 8.13. The van der Waals surface area contributed by atoms with E-state index >= 15 is 0 Å². The monoisotopic (exact) mass is 454 g/mol. The fourth-order valence-corrected chi connectivity index (χ4v) is 4.18. The average molecular weight is 454 g/mol. The first-order valence-electron chi connectivity index (χ1n) is 10.4. The van der Waals surface area contributed by atoms with Gasteiger partial charge in [-0.1, -0.05) is 6.07 Å². The molecule has 2 heterocycles. The van der Waals surface area contributed by atoms with Gasteiger partial charge in [0.25, 0.3) is 5.91 Å². The number of carbonyl (C=O) groups is 1. The summed E-state index contributed by atoms with van der Waals surface area (Å²) in [5.41, 5.74) is 18.6. The van der Waals surface area contributed by atoms with Gasteiger partial charge in [0.2, 0.25) is 0 Å². The fourth-order valence-electron chi connectivity index (χ4n) is 4.18. The summed E-state index contributed by atoms with van der Waals surface area (Å²) >= 11 is 0. The van der Waals surface area contributed by atoms with Crippen LogP contribution in [0.5, 0.6) is 0 Å². The van der Waals surface area contributed by atoms with Crippen molar-refractivity contribution >= 4 is 17.3 Å². The summed E-state index contributed by atoms with van der Waals surface area (Å²) in [6, 6.07) is 6.92. The van der Waals surface area contributed by atoms with Crippen molar-refractivity contribution < 1.29 is 18.7 Å². The maximum Gasteiger partial charge on any atom is 0.276 e. The molecule has 4 atom stereocenters. The lowest BCUT2D eigenvalue weighted by Crippen LogP contribution is -2.52. The van der Waals surface area contributed by atoms with E-state index in [9.17, 15) is 18.7 Å². The van der Waals surface area contributed by atoms with Crippen molar-refractivity contribution in [2.24, 2.45) is 11.5 Å². The highest BCUT2D eigenvalue weighted by Crippen LogP contribution is 2.36. The lowest BCUT2D eigenvalue weighted by Gasteiger charge is -2.36. The van der Waals surface area contributed by atoms with Crippen molar-refractivity contribution in [2.45, 2.75) is 36.9 Å². The Balaban J connectivity index is 1.64. The van der Waals surface area contributed by atoms with E-state index in [1.54, 1.807) is 12.3 Å². The highest BCUT2D eigenvalue weighted by atomic mass is 19.1. The van der Waals surface area contributed by atoms with E-state index in [4.69, 9.17) is 17.2 Å². The zero-order chi connectivity index (χ0) is 23.7. The molecule has 1 aliphatic rings. The number of aliphatic hydroxyl groups is 1. The van der Waals surface area contributed by atoms with Crippen molar-refractivity contribution in [3.8, 4) is 11.3 Å². The first-order chi connectivity index (χ1) is 15.8. The number of hydrogen-bond acceptors (Lipinski definition) is 7. The summed E-state index contributed by atoms with van der Waals surface area (Å²) in [5, 5.41) is 12.8. The van der Waals surface area contributed by atoms with Gasteiger partial charge < -0.3 is 27.6 Å². The first-order valence-corrected chi connectivity index (χ1v) is 10.4. The molecule has 1 amide bonds. The van der Waals surface area contributed by atoms with Crippen LogP contribution in [-0.2, 0) is 0 Å². The van der Waals surface area contributed by atoms with E-state index in [1.165, 1.54) is 24.4 Å². The molecular weight excluding hydrogens is 430 g/mol. The molecule has 1 fully saturated rings. The Morgan fingerprint density at radius 2 is 1.73 bits per heavy atom. The molecule has 0 unspecified atom stereocenters. The highest BCUT2D eigenvalue weighted by Gasteiger charge is 2.34. The molecule has 4 rings (SSSR count). The SMILES string of the molecule is Nc1ccc(-c2c(F)cccc2F)nc1C(=O)Nc1cnccc1[C@H]1C[C@@H](N)[C@@H](O)[C@@H](N)C1. The molecule has 0 saturated heterocycles. The predicted molar refractivity (Wildman–Crippen MR) is 120 cm³/mol. The van der Waals surface area contributed by atoms with E-state index in [2.05, 4.69) is 15.3 Å². The molecule has 0 radical (unpaired) electrons. The molecule has 10 heteroatoms. The molecule has 0 aliphatic heterocycles. The molecule has 172 valence electrons. The number of pyridine rings is 2. The maximum atomic E-state index is 14.2. The molecule has 1 aliphatic carbocycles. The van der Waals surface area contributed by atoms with Gasteiger partial charge in [-0.3, -0.25) is 9.78 Å². The van der Waals surface area contributed by atoms with Crippen LogP contribution < -0.4 is 22.5 Å². The lowest BCUT2D eigenvalue weighted by atomic mass is 9.77. The van der Waals surface area contributed by atoms with Crippen LogP contribution in [0, 0.1) is 11.6 Å². The third-order valence-corrected chi connectivity index (χ3v) is 5.89. The number of aromatic nitrogens is 2. The Morgan fingerprint density at radius 1 is 1.06 bits per heavy atom. The number of nitrogen functional groups attached to an aromatic ring is 1. The summed E-state index contributed by atoms with van der Waals surface area (Å²) in [6.45, 7) is 0. The molecule has 8 N–H and O–H groups in total. The van der Waals surface area contributed by atoms with Crippen LogP contribution in [0.15, 0.2) is 48.8 Å². The molecule has 1 saturated carbocycles. The maximum absolute atomic E-state index is 14.2. The van der Waals surface area contributed by atoms with Crippen LogP contribution in [0.2, 0.25) is 0 Å². The van der Waals surface area contributed by atoms with Gasteiger partial charge in [-0.05, 0) is 54.7 Å². The standard InChI is InChI=1S/C23H24F2N6O2/c24-13-2-1-3-14(25)20(13)18-5-4-15(26)21(30-18)23(33)31-19-10-29-7-6-12(19)11-8-16(27)22(32)17(28)9-11/h1-7,10-11,16-17,22,32H,8-9,26-28H2,(H,31,33)/t11-,16+,17-,22+. The Labute approximate surface area is 188 Å². The number of halogens is 2. The minimum Gasteiger partial charge on any atom is -0.397 e. The average Bonchev–Trinajstić information content (AvgIpc) is 2.78. The molecule has 2 aromatic heterocycles. The Bertz CT molecular complexity index is 1160. The second-order valence-electron chi connectivity index (χ2n) is 8.13. The number of aliphatic hydroxyl groups excluding tert-OH is 1. The third kappa shape index (κ3) is 4.54. The van der Waals surface area contributed by atoms with Gasteiger partial charge in [-0.15, -0.1) is 0 Å². The van der Waals surface area contributed by atoms with Gasteiger partial charge in [0, 0.05) is 18.3 Å². The number of benzene rings is 1. The molecular formula is C23H24F2N6O2. The summed E-state index contributed by atoms with van der Waals surface area (Å²) in [7, 11) is 0. The van der Waals surface area contributed by atoms with Crippen LogP contribution in [0.25, 0.3) is 11.3 Å². The zero-order valence-corrected chi connectivity index (χ0v) is 17.6. The number of hydrogen-bond donors (Lipinski definition) is 5. The van der Waals surface area contributed by atoms with Gasteiger partial charge in [-0.2, -0.15) is 0 Å². The Morgan fingerprint density at radius 3 is 2.39 bits per heavy atom. The number of rotatable bonds is 4. The van der Waals surface area contributed by atoms with Gasteiger partial charge in [0.05, 0.1) is 34.9 Å². The second kappa shape index (κ2) is 9.18. The third-order valence-electron chi connectivity index (χ3n) is 5.89. The lowest BCUT2D eigenvalue weighted by molar-refractivity contribution is 0.0800. The molecule has 0 spiro atoms. The van der Waals surface area contributed by atoms with E-state index in [-0.39, 0.29) is 28.6 Å². The molecule has 3 aromatic rings. The van der Waals surface area contributed by atoms with E-state index in [1.807, 2.05) is 0 Å². The number of nitrogens with one attached hydrogen (secondary N) is 1. The Kier molecular flexibility index (Phi) is 6.32. The smallest absolute Gasteiger partial charge is 0.276 e. The zero-order valence-electron chi connectivity index (χ0n) is 17.6. The topological polar surface area (TPSA) is 153 Å². The van der Waals surface area contributed by atoms with Crippen molar-refractivity contribution in [3.63, 3.8) is 0 Å². The van der Waals surface area contributed by atoms with Crippen LogP contribution in [0.1, 0.15) is 34.8 Å². The van der Waals surface area contributed by atoms with Crippen molar-refractivity contribution in [3.05, 3.63) is 71.7 Å². The fraction of sp³-hybridized carbons (Fsp3) is 0.261. The normalized spacial score (nSPS) is 22.7. The minimum absolute atomic E-state index is 0.0447. The number of nitrogens with zero attached hydrogens (tertiary/aromatic N) is 2. The summed E-state index contributed by atoms with van der Waals surface area (Å²) in [6.07, 6.45) is 3.22. The summed E-state index contributed by atoms with van der Waals surface area (Å²) < 4.78 is 28.4. The van der Waals surface area contributed by atoms with Crippen molar-refractivity contribution in [1.29, 1.82) is 0 Å². The largest absolute Gasteiger partial charge is 0.397 e. The quantitative estimate of drug-likeness (QED) is 0.405. The van der Waals surface area contributed by atoms with E-state index in [0.29, 0.717) is 18.5 Å². The molecule has 0 bridgehead atoms.